The van der Waals surface area contributed by atoms with Crippen LogP contribution >= 0.6 is 0 Å². The highest BCUT2D eigenvalue weighted by atomic mass is 15.3. The largest absolute Gasteiger partial charge is 0.311 e. The molecule has 0 bridgehead atoms. The van der Waals surface area contributed by atoms with E-state index in [9.17, 15) is 0 Å². The molecule has 16 heavy (non-hydrogen) atoms. The van der Waals surface area contributed by atoms with Crippen molar-refractivity contribution in [2.75, 3.05) is 6.54 Å². The Morgan fingerprint density at radius 2 is 2.25 bits per heavy atom. The van der Waals surface area contributed by atoms with Crippen LogP contribution in [0.5, 0.6) is 0 Å². The fraction of sp³-hybridized carbons (Fsp3) is 0.615. The maximum Gasteiger partial charge on any atom is 0.0562 e. The minimum Gasteiger partial charge on any atom is -0.311 e. The molecular formula is C13H23N3. The minimum atomic E-state index is 0.425. The van der Waals surface area contributed by atoms with Crippen molar-refractivity contribution in [3.05, 3.63) is 24.0 Å². The highest BCUT2D eigenvalue weighted by molar-refractivity contribution is 5.47. The van der Waals surface area contributed by atoms with Crippen molar-refractivity contribution >= 4 is 6.08 Å². The van der Waals surface area contributed by atoms with E-state index < -0.39 is 0 Å². The molecule has 1 heterocycles. The van der Waals surface area contributed by atoms with Gasteiger partial charge < -0.3 is 5.32 Å². The van der Waals surface area contributed by atoms with Gasteiger partial charge in [0.25, 0.3) is 0 Å². The molecule has 0 radical (unpaired) electrons. The van der Waals surface area contributed by atoms with E-state index in [1.54, 1.807) is 0 Å². The maximum absolute atomic E-state index is 4.29. The molecular weight excluding hydrogens is 198 g/mol. The summed E-state index contributed by atoms with van der Waals surface area (Å²) in [5.41, 5.74) is 1.18. The van der Waals surface area contributed by atoms with Crippen LogP contribution in [0.25, 0.3) is 6.08 Å². The third-order valence-electron chi connectivity index (χ3n) is 2.40. The summed E-state index contributed by atoms with van der Waals surface area (Å²) in [4.78, 5) is 0. The van der Waals surface area contributed by atoms with Crippen LogP contribution in [0.1, 0.15) is 39.2 Å². The fourth-order valence-corrected chi connectivity index (χ4v) is 1.51. The smallest absolute Gasteiger partial charge is 0.0562 e. The average molecular weight is 221 g/mol. The lowest BCUT2D eigenvalue weighted by Gasteiger charge is -2.06. The minimum absolute atomic E-state index is 0.425. The van der Waals surface area contributed by atoms with Crippen LogP contribution in [-0.2, 0) is 6.54 Å². The first kappa shape index (κ1) is 13.0. The van der Waals surface area contributed by atoms with Crippen molar-refractivity contribution in [2.45, 2.75) is 46.2 Å². The first-order valence-electron chi connectivity index (χ1n) is 6.20. The third-order valence-corrected chi connectivity index (χ3v) is 2.40. The molecule has 3 nitrogen and oxygen atoms in total. The molecule has 0 amide bonds. The molecule has 0 spiro atoms. The normalized spacial score (nSPS) is 13.4. The summed E-state index contributed by atoms with van der Waals surface area (Å²) in [6.45, 7) is 8.58. The zero-order valence-corrected chi connectivity index (χ0v) is 10.6. The Hall–Kier alpha value is -1.09. The number of hydrogen-bond acceptors (Lipinski definition) is 2. The van der Waals surface area contributed by atoms with E-state index in [4.69, 9.17) is 0 Å². The molecule has 1 aromatic rings. The molecule has 0 aliphatic carbocycles. The zero-order valence-electron chi connectivity index (χ0n) is 10.6. The molecule has 1 atom stereocenters. The fourth-order valence-electron chi connectivity index (χ4n) is 1.51. The molecule has 1 rings (SSSR count). The molecule has 1 N–H and O–H groups in total. The Bertz CT molecular complexity index is 315. The number of rotatable bonds is 7. The summed E-state index contributed by atoms with van der Waals surface area (Å²) in [5.74, 6) is 0. The summed E-state index contributed by atoms with van der Waals surface area (Å²) in [6.07, 6.45) is 10.6. The quantitative estimate of drug-likeness (QED) is 0.767. The van der Waals surface area contributed by atoms with Crippen molar-refractivity contribution in [3.8, 4) is 0 Å². The topological polar surface area (TPSA) is 29.9 Å². The Morgan fingerprint density at radius 1 is 1.44 bits per heavy atom. The van der Waals surface area contributed by atoms with Crippen molar-refractivity contribution < 1.29 is 0 Å². The zero-order chi connectivity index (χ0) is 11.8. The summed E-state index contributed by atoms with van der Waals surface area (Å²) >= 11 is 0. The number of nitrogens with one attached hydrogen (secondary N) is 1. The number of aryl methyl sites for hydroxylation is 1. The van der Waals surface area contributed by atoms with Gasteiger partial charge in [-0.05, 0) is 26.3 Å². The second-order valence-electron chi connectivity index (χ2n) is 4.14. The molecule has 0 aliphatic rings. The van der Waals surface area contributed by atoms with Gasteiger partial charge in [-0.15, -0.1) is 0 Å². The maximum atomic E-state index is 4.29. The third kappa shape index (κ3) is 4.62. The highest BCUT2D eigenvalue weighted by Crippen LogP contribution is 2.02. The van der Waals surface area contributed by atoms with Gasteiger partial charge in [0.1, 0.15) is 0 Å². The summed E-state index contributed by atoms with van der Waals surface area (Å²) in [5, 5.41) is 7.71. The number of hydrogen-bond donors (Lipinski definition) is 1. The van der Waals surface area contributed by atoms with Crippen LogP contribution in [0, 0.1) is 0 Å². The number of nitrogens with zero attached hydrogens (tertiary/aromatic N) is 2. The van der Waals surface area contributed by atoms with Gasteiger partial charge in [-0.25, -0.2) is 0 Å². The van der Waals surface area contributed by atoms with E-state index in [1.807, 2.05) is 10.9 Å². The molecule has 0 aromatic carbocycles. The van der Waals surface area contributed by atoms with E-state index in [1.165, 1.54) is 12.0 Å². The van der Waals surface area contributed by atoms with Gasteiger partial charge in [-0.1, -0.05) is 26.0 Å². The second kappa shape index (κ2) is 7.23. The van der Waals surface area contributed by atoms with Gasteiger partial charge in [-0.2, -0.15) is 5.10 Å². The molecule has 3 heteroatoms. The van der Waals surface area contributed by atoms with Crippen LogP contribution < -0.4 is 5.32 Å². The van der Waals surface area contributed by atoms with Crippen LogP contribution in [-0.4, -0.2) is 22.4 Å². The summed E-state index contributed by atoms with van der Waals surface area (Å²) in [7, 11) is 0. The molecule has 0 fully saturated rings. The van der Waals surface area contributed by atoms with E-state index in [2.05, 4.69) is 49.5 Å². The molecule has 1 unspecified atom stereocenters. The Labute approximate surface area is 98.5 Å². The van der Waals surface area contributed by atoms with E-state index in [0.717, 1.165) is 19.5 Å². The van der Waals surface area contributed by atoms with Crippen molar-refractivity contribution in [3.63, 3.8) is 0 Å². The monoisotopic (exact) mass is 221 g/mol. The lowest BCUT2D eigenvalue weighted by molar-refractivity contribution is 0.602. The van der Waals surface area contributed by atoms with Gasteiger partial charge in [0.15, 0.2) is 0 Å². The van der Waals surface area contributed by atoms with Gasteiger partial charge in [0, 0.05) is 24.3 Å². The van der Waals surface area contributed by atoms with Crippen LogP contribution in [0.2, 0.25) is 0 Å². The molecule has 0 saturated heterocycles. The van der Waals surface area contributed by atoms with Gasteiger partial charge >= 0.3 is 0 Å². The first-order valence-corrected chi connectivity index (χ1v) is 6.20. The molecule has 0 aliphatic heterocycles. The summed E-state index contributed by atoms with van der Waals surface area (Å²) < 4.78 is 1.99. The molecule has 1 aromatic heterocycles. The molecule has 90 valence electrons. The lowest BCUT2D eigenvalue weighted by Crippen LogP contribution is -2.24. The summed E-state index contributed by atoms with van der Waals surface area (Å²) in [6, 6.07) is 0.425. The van der Waals surface area contributed by atoms with Crippen molar-refractivity contribution in [1.82, 2.24) is 15.1 Å². The van der Waals surface area contributed by atoms with Crippen molar-refractivity contribution in [2.24, 2.45) is 0 Å². The average Bonchev–Trinajstić information content (AvgIpc) is 2.72. The van der Waals surface area contributed by atoms with Crippen LogP contribution in [0.4, 0.5) is 0 Å². The van der Waals surface area contributed by atoms with E-state index in [0.29, 0.717) is 6.04 Å². The van der Waals surface area contributed by atoms with E-state index >= 15 is 0 Å². The second-order valence-corrected chi connectivity index (χ2v) is 4.14. The predicted octanol–water partition coefficient (Wildman–Crippen LogP) is 2.69. The first-order chi connectivity index (χ1) is 7.76. The standard InChI is InChI=1S/C13H23N3/c1-4-8-14-12(3)6-7-13-10-15-16(11-13)9-5-2/h6-7,10-12,14H,4-5,8-9H2,1-3H3/b7-6+. The lowest BCUT2D eigenvalue weighted by atomic mass is 10.2. The predicted molar refractivity (Wildman–Crippen MR) is 69.3 cm³/mol. The van der Waals surface area contributed by atoms with Gasteiger partial charge in [0.05, 0.1) is 6.20 Å². The van der Waals surface area contributed by atoms with Gasteiger partial charge in [-0.3, -0.25) is 4.68 Å². The Morgan fingerprint density at radius 3 is 2.94 bits per heavy atom. The van der Waals surface area contributed by atoms with Crippen LogP contribution in [0.3, 0.4) is 0 Å². The van der Waals surface area contributed by atoms with E-state index in [-0.39, 0.29) is 0 Å². The Balaban J connectivity index is 2.42. The van der Waals surface area contributed by atoms with Crippen molar-refractivity contribution in [1.29, 1.82) is 0 Å². The number of aromatic nitrogens is 2. The van der Waals surface area contributed by atoms with Gasteiger partial charge in [0.2, 0.25) is 0 Å². The van der Waals surface area contributed by atoms with Crippen LogP contribution in [0.15, 0.2) is 18.5 Å². The SMILES string of the molecule is CCCNC(C)/C=C/c1cnn(CCC)c1. The Kier molecular flexibility index (Phi) is 5.86. The molecule has 0 saturated carbocycles. The highest BCUT2D eigenvalue weighted by Gasteiger charge is 1.96.